The molecule has 1 heterocycles. The lowest BCUT2D eigenvalue weighted by molar-refractivity contribution is 0.0952. The first-order valence-corrected chi connectivity index (χ1v) is 9.85. The predicted octanol–water partition coefficient (Wildman–Crippen LogP) is 4.09. The summed E-state index contributed by atoms with van der Waals surface area (Å²) < 4.78 is 5.00. The number of nitrogens with zero attached hydrogens (tertiary/aromatic N) is 1. The van der Waals surface area contributed by atoms with Crippen molar-refractivity contribution in [1.82, 2.24) is 10.3 Å². The van der Waals surface area contributed by atoms with Gasteiger partial charge in [-0.05, 0) is 29.7 Å². The maximum Gasteiger partial charge on any atom is 0.252 e. The molecule has 0 atom stereocenters. The highest BCUT2D eigenvalue weighted by Crippen LogP contribution is 2.27. The van der Waals surface area contributed by atoms with Gasteiger partial charge in [-0.15, -0.1) is 0 Å². The highest BCUT2D eigenvalue weighted by Gasteiger charge is 2.14. The van der Waals surface area contributed by atoms with Crippen molar-refractivity contribution in [3.63, 3.8) is 0 Å². The minimum atomic E-state index is -0.110. The Kier molecular flexibility index (Phi) is 7.78. The average molecular weight is 389 g/mol. The molecule has 3 rings (SSSR count). The number of hydrogen-bond acceptors (Lipinski definition) is 4. The second-order valence-electron chi connectivity index (χ2n) is 6.77. The molecule has 0 saturated heterocycles. The smallest absolute Gasteiger partial charge is 0.252 e. The van der Waals surface area contributed by atoms with Crippen LogP contribution >= 0.6 is 0 Å². The molecule has 0 aliphatic rings. The Labute approximate surface area is 172 Å². The van der Waals surface area contributed by atoms with Crippen LogP contribution in [0, 0.1) is 0 Å². The molecular weight excluding hydrogens is 362 g/mol. The number of carbonyl (C=O) groups excluding carboxylic acids is 1. The van der Waals surface area contributed by atoms with Crippen LogP contribution in [-0.4, -0.2) is 37.7 Å². The molecule has 0 spiro atoms. The molecule has 1 amide bonds. The predicted molar refractivity (Wildman–Crippen MR) is 116 cm³/mol. The highest BCUT2D eigenvalue weighted by atomic mass is 16.5. The van der Waals surface area contributed by atoms with E-state index in [2.05, 4.69) is 64.1 Å². The van der Waals surface area contributed by atoms with Gasteiger partial charge in [0.1, 0.15) is 5.82 Å². The highest BCUT2D eigenvalue weighted by molar-refractivity contribution is 5.94. The lowest BCUT2D eigenvalue weighted by Gasteiger charge is -2.18. The van der Waals surface area contributed by atoms with E-state index >= 15 is 0 Å². The van der Waals surface area contributed by atoms with Gasteiger partial charge in [-0.3, -0.25) is 4.79 Å². The molecule has 0 saturated carbocycles. The van der Waals surface area contributed by atoms with E-state index in [1.807, 2.05) is 12.1 Å². The van der Waals surface area contributed by atoms with Gasteiger partial charge in [-0.1, -0.05) is 60.7 Å². The van der Waals surface area contributed by atoms with Crippen molar-refractivity contribution in [2.45, 2.75) is 12.3 Å². The molecule has 0 fully saturated rings. The number of rotatable bonds is 10. The topological polar surface area (TPSA) is 63.2 Å². The molecule has 29 heavy (non-hydrogen) atoms. The molecule has 0 radical (unpaired) electrons. The molecule has 2 aromatic carbocycles. The zero-order valence-electron chi connectivity index (χ0n) is 16.7. The zero-order valence-corrected chi connectivity index (χ0v) is 16.7. The molecule has 5 heteroatoms. The number of nitrogens with one attached hydrogen (secondary N) is 2. The Morgan fingerprint density at radius 2 is 1.59 bits per heavy atom. The third-order valence-corrected chi connectivity index (χ3v) is 4.76. The molecule has 2 N–H and O–H groups in total. The van der Waals surface area contributed by atoms with E-state index in [0.29, 0.717) is 25.3 Å². The van der Waals surface area contributed by atoms with Crippen LogP contribution in [0.15, 0.2) is 79.0 Å². The molecule has 3 aromatic rings. The van der Waals surface area contributed by atoms with Crippen LogP contribution in [0.5, 0.6) is 0 Å². The first kappa shape index (κ1) is 20.6. The second-order valence-corrected chi connectivity index (χ2v) is 6.77. The van der Waals surface area contributed by atoms with Crippen LogP contribution in [0.3, 0.4) is 0 Å². The molecule has 0 bridgehead atoms. The number of aromatic nitrogens is 1. The summed E-state index contributed by atoms with van der Waals surface area (Å²) >= 11 is 0. The molecule has 0 aliphatic carbocycles. The van der Waals surface area contributed by atoms with E-state index in [0.717, 1.165) is 12.2 Å². The summed E-state index contributed by atoms with van der Waals surface area (Å²) in [7, 11) is 1.66. The van der Waals surface area contributed by atoms with Gasteiger partial charge in [0, 0.05) is 32.3 Å². The summed E-state index contributed by atoms with van der Waals surface area (Å²) in [5, 5.41) is 6.16. The molecule has 0 aliphatic heterocycles. The first-order valence-electron chi connectivity index (χ1n) is 9.85. The van der Waals surface area contributed by atoms with Crippen molar-refractivity contribution in [2.75, 3.05) is 32.1 Å². The van der Waals surface area contributed by atoms with Crippen LogP contribution in [0.25, 0.3) is 0 Å². The van der Waals surface area contributed by atoms with Crippen LogP contribution in [-0.2, 0) is 4.74 Å². The zero-order chi connectivity index (χ0) is 20.3. The standard InChI is InChI=1S/C24H27N3O2/c1-29-17-16-25-23-13-12-21(18-27-23)24(28)26-15-14-22(19-8-4-2-5-9-19)20-10-6-3-7-11-20/h2-13,18,22H,14-17H2,1H3,(H,25,27)(H,26,28). The third-order valence-electron chi connectivity index (χ3n) is 4.76. The summed E-state index contributed by atoms with van der Waals surface area (Å²) in [4.78, 5) is 16.8. The van der Waals surface area contributed by atoms with Crippen molar-refractivity contribution in [1.29, 1.82) is 0 Å². The normalized spacial score (nSPS) is 10.7. The van der Waals surface area contributed by atoms with Gasteiger partial charge < -0.3 is 15.4 Å². The van der Waals surface area contributed by atoms with Crippen LogP contribution in [0.1, 0.15) is 33.8 Å². The maximum atomic E-state index is 12.5. The van der Waals surface area contributed by atoms with Crippen molar-refractivity contribution in [3.8, 4) is 0 Å². The van der Waals surface area contributed by atoms with Gasteiger partial charge in [-0.25, -0.2) is 4.98 Å². The summed E-state index contributed by atoms with van der Waals surface area (Å²) in [6, 6.07) is 24.4. The van der Waals surface area contributed by atoms with Crippen molar-refractivity contribution in [2.24, 2.45) is 0 Å². The summed E-state index contributed by atoms with van der Waals surface area (Å²) in [5.41, 5.74) is 3.06. The fraction of sp³-hybridized carbons (Fsp3) is 0.250. The number of anilines is 1. The van der Waals surface area contributed by atoms with Crippen LogP contribution in [0.2, 0.25) is 0 Å². The fourth-order valence-corrected chi connectivity index (χ4v) is 3.24. The SMILES string of the molecule is COCCNc1ccc(C(=O)NCCC(c2ccccc2)c2ccccc2)cn1. The lowest BCUT2D eigenvalue weighted by atomic mass is 9.88. The quantitative estimate of drug-likeness (QED) is 0.513. The minimum absolute atomic E-state index is 0.110. The Bertz CT molecular complexity index is 828. The fourth-order valence-electron chi connectivity index (χ4n) is 3.24. The Morgan fingerprint density at radius 3 is 2.14 bits per heavy atom. The number of hydrogen-bond donors (Lipinski definition) is 2. The molecule has 150 valence electrons. The molecule has 5 nitrogen and oxygen atoms in total. The minimum Gasteiger partial charge on any atom is -0.383 e. The van der Waals surface area contributed by atoms with E-state index in [-0.39, 0.29) is 11.8 Å². The van der Waals surface area contributed by atoms with E-state index in [1.54, 1.807) is 25.4 Å². The Hall–Kier alpha value is -3.18. The van der Waals surface area contributed by atoms with Gasteiger partial charge in [0.15, 0.2) is 0 Å². The summed E-state index contributed by atoms with van der Waals surface area (Å²) in [5.74, 6) is 0.857. The van der Waals surface area contributed by atoms with Gasteiger partial charge >= 0.3 is 0 Å². The van der Waals surface area contributed by atoms with Gasteiger partial charge in [-0.2, -0.15) is 0 Å². The monoisotopic (exact) mass is 389 g/mol. The Balaban J connectivity index is 1.57. The number of carbonyl (C=O) groups is 1. The first-order chi connectivity index (χ1) is 14.3. The van der Waals surface area contributed by atoms with Gasteiger partial charge in [0.05, 0.1) is 12.2 Å². The van der Waals surface area contributed by atoms with Gasteiger partial charge in [0.2, 0.25) is 0 Å². The second kappa shape index (κ2) is 11.0. The van der Waals surface area contributed by atoms with E-state index in [1.165, 1.54) is 11.1 Å². The van der Waals surface area contributed by atoms with E-state index < -0.39 is 0 Å². The average Bonchev–Trinajstić information content (AvgIpc) is 2.78. The largest absolute Gasteiger partial charge is 0.383 e. The number of amides is 1. The third kappa shape index (κ3) is 6.16. The van der Waals surface area contributed by atoms with Gasteiger partial charge in [0.25, 0.3) is 5.91 Å². The summed E-state index contributed by atoms with van der Waals surface area (Å²) in [6.07, 6.45) is 2.42. The maximum absolute atomic E-state index is 12.5. The summed E-state index contributed by atoms with van der Waals surface area (Å²) in [6.45, 7) is 1.87. The van der Waals surface area contributed by atoms with Crippen molar-refractivity contribution < 1.29 is 9.53 Å². The number of benzene rings is 2. The molecular formula is C24H27N3O2. The molecule has 0 unspecified atom stereocenters. The number of ether oxygens (including phenoxy) is 1. The van der Waals surface area contributed by atoms with Crippen molar-refractivity contribution in [3.05, 3.63) is 95.7 Å². The number of methoxy groups -OCH3 is 1. The Morgan fingerprint density at radius 1 is 0.931 bits per heavy atom. The van der Waals surface area contributed by atoms with Crippen molar-refractivity contribution >= 4 is 11.7 Å². The molecule has 1 aromatic heterocycles. The van der Waals surface area contributed by atoms with Crippen LogP contribution < -0.4 is 10.6 Å². The van der Waals surface area contributed by atoms with E-state index in [9.17, 15) is 4.79 Å². The van der Waals surface area contributed by atoms with Crippen LogP contribution in [0.4, 0.5) is 5.82 Å². The number of pyridine rings is 1. The van der Waals surface area contributed by atoms with E-state index in [4.69, 9.17) is 4.74 Å². The lowest BCUT2D eigenvalue weighted by Crippen LogP contribution is -2.26.